The molecule has 0 saturated heterocycles. The Morgan fingerprint density at radius 2 is 0.926 bits per heavy atom. The number of fused-ring (bicyclic) bond motifs is 7. The van der Waals surface area contributed by atoms with Gasteiger partial charge in [0.2, 0.25) is 0 Å². The van der Waals surface area contributed by atoms with Crippen molar-refractivity contribution >= 4 is 54.5 Å². The number of nitrogens with zero attached hydrogens (tertiary/aromatic N) is 4. The van der Waals surface area contributed by atoms with Crippen LogP contribution in [0.3, 0.4) is 0 Å². The molecular weight excluding hydrogens is 661 g/mol. The van der Waals surface area contributed by atoms with Gasteiger partial charge in [-0.25, -0.2) is 15.0 Å². The van der Waals surface area contributed by atoms with E-state index in [0.29, 0.717) is 17.5 Å². The molecule has 11 rings (SSSR count). The lowest BCUT2D eigenvalue weighted by Gasteiger charge is -2.13. The Morgan fingerprint density at radius 1 is 0.352 bits per heavy atom. The molecule has 0 bridgehead atoms. The molecule has 252 valence electrons. The zero-order valence-electron chi connectivity index (χ0n) is 29.0. The van der Waals surface area contributed by atoms with Crippen LogP contribution in [0.4, 0.5) is 0 Å². The van der Waals surface area contributed by atoms with Gasteiger partial charge in [-0.2, -0.15) is 0 Å². The Bertz CT molecular complexity index is 3220. The molecule has 8 aromatic carbocycles. The number of furan rings is 1. The Kier molecular flexibility index (Phi) is 6.79. The summed E-state index contributed by atoms with van der Waals surface area (Å²) >= 11 is 0. The molecule has 0 fully saturated rings. The number of para-hydroxylation sites is 4. The number of hydrogen-bond acceptors (Lipinski definition) is 4. The summed E-state index contributed by atoms with van der Waals surface area (Å²) in [4.78, 5) is 15.5. The first kappa shape index (κ1) is 30.3. The fourth-order valence-electron chi connectivity index (χ4n) is 8.01. The molecule has 0 amide bonds. The van der Waals surface area contributed by atoms with E-state index >= 15 is 0 Å². The maximum atomic E-state index is 6.48. The van der Waals surface area contributed by atoms with Crippen LogP contribution in [0, 0.1) is 0 Å². The lowest BCUT2D eigenvalue weighted by atomic mass is 9.94. The average Bonchev–Trinajstić information content (AvgIpc) is 3.79. The minimum Gasteiger partial charge on any atom is -0.455 e. The standard InChI is InChI=1S/C49H30N4O/c1-3-14-31(15-4-1)47-50-48(32-28-29-38-37-18-7-9-26-43(37)53(44(38)30-32)33-16-5-2-6-17-33)52-49(51-47)42-25-12-20-34-35(21-11-22-36(34)42)40-23-13-24-41-39-19-8-10-27-45(39)54-46(40)41/h1-30H. The highest BCUT2D eigenvalue weighted by atomic mass is 16.3. The SMILES string of the molecule is c1ccc(-c2nc(-c3ccc4c5ccccc5n(-c5ccccc5)c4c3)nc(-c3cccc4c(-c5cccc6c5oc5ccccc56)cccc34)n2)cc1. The van der Waals surface area contributed by atoms with Gasteiger partial charge in [-0.3, -0.25) is 0 Å². The smallest absolute Gasteiger partial charge is 0.164 e. The summed E-state index contributed by atoms with van der Waals surface area (Å²) in [6.07, 6.45) is 0. The number of aromatic nitrogens is 4. The molecule has 0 aliphatic carbocycles. The second-order valence-corrected chi connectivity index (χ2v) is 13.6. The number of rotatable bonds is 5. The van der Waals surface area contributed by atoms with E-state index in [4.69, 9.17) is 19.4 Å². The van der Waals surface area contributed by atoms with E-state index in [1.54, 1.807) is 0 Å². The summed E-state index contributed by atoms with van der Waals surface area (Å²) in [5.74, 6) is 1.86. The van der Waals surface area contributed by atoms with E-state index in [0.717, 1.165) is 77.2 Å². The molecule has 0 atom stereocenters. The van der Waals surface area contributed by atoms with Crippen molar-refractivity contribution in [2.75, 3.05) is 0 Å². The molecule has 3 aromatic heterocycles. The van der Waals surface area contributed by atoms with Gasteiger partial charge >= 0.3 is 0 Å². The predicted molar refractivity (Wildman–Crippen MR) is 221 cm³/mol. The second-order valence-electron chi connectivity index (χ2n) is 13.6. The van der Waals surface area contributed by atoms with Crippen molar-refractivity contribution in [3.63, 3.8) is 0 Å². The third kappa shape index (κ3) is 4.76. The first-order chi connectivity index (χ1) is 26.8. The average molecular weight is 691 g/mol. The van der Waals surface area contributed by atoms with E-state index in [9.17, 15) is 0 Å². The highest BCUT2D eigenvalue weighted by Crippen LogP contribution is 2.41. The van der Waals surface area contributed by atoms with Crippen molar-refractivity contribution in [3.8, 4) is 51.0 Å². The lowest BCUT2D eigenvalue weighted by Crippen LogP contribution is -2.01. The monoisotopic (exact) mass is 690 g/mol. The molecule has 0 N–H and O–H groups in total. The fraction of sp³-hybridized carbons (Fsp3) is 0. The lowest BCUT2D eigenvalue weighted by molar-refractivity contribution is 0.670. The van der Waals surface area contributed by atoms with Gasteiger partial charge in [-0.05, 0) is 46.7 Å². The summed E-state index contributed by atoms with van der Waals surface area (Å²) in [5.41, 5.74) is 10.0. The van der Waals surface area contributed by atoms with Crippen molar-refractivity contribution in [1.82, 2.24) is 19.5 Å². The first-order valence-corrected chi connectivity index (χ1v) is 18.1. The first-order valence-electron chi connectivity index (χ1n) is 18.1. The molecule has 3 heterocycles. The molecule has 11 aromatic rings. The Hall–Kier alpha value is -7.37. The predicted octanol–water partition coefficient (Wildman–Crippen LogP) is 12.7. The van der Waals surface area contributed by atoms with Gasteiger partial charge in [0.25, 0.3) is 0 Å². The van der Waals surface area contributed by atoms with Crippen LogP contribution in [0.15, 0.2) is 186 Å². The summed E-state index contributed by atoms with van der Waals surface area (Å²) in [5, 5.41) is 6.75. The molecule has 0 spiro atoms. The Labute approximate surface area is 310 Å². The number of hydrogen-bond donors (Lipinski definition) is 0. The number of benzene rings is 8. The van der Waals surface area contributed by atoms with Gasteiger partial charge < -0.3 is 8.98 Å². The minimum atomic E-state index is 0.617. The quantitative estimate of drug-likeness (QED) is 0.180. The second kappa shape index (κ2) is 12.1. The molecule has 0 aliphatic heterocycles. The Balaban J connectivity index is 1.13. The highest BCUT2D eigenvalue weighted by Gasteiger charge is 2.19. The van der Waals surface area contributed by atoms with Gasteiger partial charge in [0, 0.05) is 49.5 Å². The molecule has 0 aliphatic rings. The molecule has 0 saturated carbocycles. The van der Waals surface area contributed by atoms with E-state index in [-0.39, 0.29) is 0 Å². The topological polar surface area (TPSA) is 56.7 Å². The molecule has 0 radical (unpaired) electrons. The third-order valence-electron chi connectivity index (χ3n) is 10.5. The molecular formula is C49H30N4O. The largest absolute Gasteiger partial charge is 0.455 e. The summed E-state index contributed by atoms with van der Waals surface area (Å²) in [7, 11) is 0. The van der Waals surface area contributed by atoms with Crippen molar-refractivity contribution in [1.29, 1.82) is 0 Å². The van der Waals surface area contributed by atoms with E-state index in [2.05, 4.69) is 156 Å². The molecule has 5 heteroatoms. The zero-order chi connectivity index (χ0) is 35.6. The molecule has 0 unspecified atom stereocenters. The normalized spacial score (nSPS) is 11.7. The van der Waals surface area contributed by atoms with Gasteiger partial charge in [-0.1, -0.05) is 152 Å². The van der Waals surface area contributed by atoms with Gasteiger partial charge in [0.05, 0.1) is 11.0 Å². The van der Waals surface area contributed by atoms with Crippen LogP contribution in [-0.2, 0) is 0 Å². The summed E-state index contributed by atoms with van der Waals surface area (Å²) in [6, 6.07) is 63.2. The van der Waals surface area contributed by atoms with Crippen molar-refractivity contribution < 1.29 is 4.42 Å². The van der Waals surface area contributed by atoms with Crippen LogP contribution >= 0.6 is 0 Å². The van der Waals surface area contributed by atoms with E-state index in [1.807, 2.05) is 30.3 Å². The van der Waals surface area contributed by atoms with Crippen LogP contribution < -0.4 is 0 Å². The van der Waals surface area contributed by atoms with Gasteiger partial charge in [-0.15, -0.1) is 0 Å². The van der Waals surface area contributed by atoms with Crippen molar-refractivity contribution in [2.45, 2.75) is 0 Å². The Morgan fingerprint density at radius 3 is 1.74 bits per heavy atom. The summed E-state index contributed by atoms with van der Waals surface area (Å²) in [6.45, 7) is 0. The van der Waals surface area contributed by atoms with Gasteiger partial charge in [0.1, 0.15) is 11.2 Å². The zero-order valence-corrected chi connectivity index (χ0v) is 29.0. The van der Waals surface area contributed by atoms with Crippen LogP contribution in [0.2, 0.25) is 0 Å². The van der Waals surface area contributed by atoms with E-state index < -0.39 is 0 Å². The van der Waals surface area contributed by atoms with Crippen molar-refractivity contribution in [3.05, 3.63) is 182 Å². The van der Waals surface area contributed by atoms with Crippen LogP contribution in [0.1, 0.15) is 0 Å². The van der Waals surface area contributed by atoms with Crippen LogP contribution in [0.25, 0.3) is 105 Å². The summed E-state index contributed by atoms with van der Waals surface area (Å²) < 4.78 is 8.81. The van der Waals surface area contributed by atoms with Gasteiger partial charge in [0.15, 0.2) is 17.5 Å². The van der Waals surface area contributed by atoms with Crippen LogP contribution in [0.5, 0.6) is 0 Å². The van der Waals surface area contributed by atoms with Crippen molar-refractivity contribution in [2.24, 2.45) is 0 Å². The van der Waals surface area contributed by atoms with Crippen LogP contribution in [-0.4, -0.2) is 19.5 Å². The van der Waals surface area contributed by atoms with E-state index in [1.165, 1.54) is 10.8 Å². The third-order valence-corrected chi connectivity index (χ3v) is 10.5. The maximum absolute atomic E-state index is 6.48. The molecule has 54 heavy (non-hydrogen) atoms. The minimum absolute atomic E-state index is 0.617. The fourth-order valence-corrected chi connectivity index (χ4v) is 8.01. The highest BCUT2D eigenvalue weighted by molar-refractivity contribution is 6.13. The maximum Gasteiger partial charge on any atom is 0.164 e. The molecule has 5 nitrogen and oxygen atoms in total.